The highest BCUT2D eigenvalue weighted by Crippen LogP contribution is 2.10. The minimum Gasteiger partial charge on any atom is -0.335 e. The van der Waals surface area contributed by atoms with E-state index in [4.69, 9.17) is 0 Å². The van der Waals surface area contributed by atoms with Crippen molar-refractivity contribution < 1.29 is 4.79 Å². The summed E-state index contributed by atoms with van der Waals surface area (Å²) < 4.78 is 1.84. The zero-order valence-electron chi connectivity index (χ0n) is 16.5. The van der Waals surface area contributed by atoms with Gasteiger partial charge in [0, 0.05) is 45.1 Å². The summed E-state index contributed by atoms with van der Waals surface area (Å²) in [6, 6.07) is 13.8. The van der Waals surface area contributed by atoms with Crippen LogP contribution in [-0.4, -0.2) is 68.2 Å². The van der Waals surface area contributed by atoms with Gasteiger partial charge < -0.3 is 4.90 Å². The predicted molar refractivity (Wildman–Crippen MR) is 112 cm³/mol. The van der Waals surface area contributed by atoms with Gasteiger partial charge in [-0.25, -0.2) is 4.98 Å². The largest absolute Gasteiger partial charge is 0.335 e. The molecule has 1 saturated heterocycles. The van der Waals surface area contributed by atoms with Crippen LogP contribution in [0.15, 0.2) is 60.9 Å². The molecule has 3 heterocycles. The Labute approximate surface area is 170 Å². The van der Waals surface area contributed by atoms with Crippen molar-refractivity contribution >= 4 is 12.0 Å². The Balaban J connectivity index is 1.30. The molecule has 1 aromatic carbocycles. The Morgan fingerprint density at radius 2 is 1.83 bits per heavy atom. The van der Waals surface area contributed by atoms with Crippen LogP contribution >= 0.6 is 0 Å². The van der Waals surface area contributed by atoms with Crippen molar-refractivity contribution in [1.29, 1.82) is 0 Å². The van der Waals surface area contributed by atoms with E-state index in [-0.39, 0.29) is 5.91 Å². The van der Waals surface area contributed by atoms with Crippen LogP contribution in [0, 0.1) is 6.92 Å². The van der Waals surface area contributed by atoms with E-state index in [1.807, 2.05) is 40.8 Å². The summed E-state index contributed by atoms with van der Waals surface area (Å²) >= 11 is 0. The zero-order valence-corrected chi connectivity index (χ0v) is 16.5. The molecule has 29 heavy (non-hydrogen) atoms. The molecule has 0 aliphatic carbocycles. The van der Waals surface area contributed by atoms with Crippen molar-refractivity contribution in [1.82, 2.24) is 29.5 Å². The van der Waals surface area contributed by atoms with Crippen molar-refractivity contribution in [3.8, 4) is 5.82 Å². The standard InChI is InChI=1S/C22H24N6O/c1-18-23-11-13-28(18)21-10-9-20(24-25-21)22(29)27-16-14-26(15-17-27)12-5-8-19-6-3-2-4-7-19/h2-11,13H,12,14-17H2,1H3/b8-5+. The first-order valence-corrected chi connectivity index (χ1v) is 9.78. The fraction of sp³-hybridized carbons (Fsp3) is 0.273. The van der Waals surface area contributed by atoms with E-state index in [2.05, 4.69) is 44.4 Å². The van der Waals surface area contributed by atoms with Crippen LogP contribution in [0.5, 0.6) is 0 Å². The molecular formula is C22H24N6O. The molecule has 1 aliphatic rings. The molecule has 0 N–H and O–H groups in total. The summed E-state index contributed by atoms with van der Waals surface area (Å²) in [5.74, 6) is 1.42. The topological polar surface area (TPSA) is 67.2 Å². The molecule has 3 aromatic rings. The van der Waals surface area contributed by atoms with Gasteiger partial charge in [-0.15, -0.1) is 10.2 Å². The predicted octanol–water partition coefficient (Wildman–Crippen LogP) is 2.44. The van der Waals surface area contributed by atoms with Gasteiger partial charge >= 0.3 is 0 Å². The Bertz CT molecular complexity index is 972. The minimum atomic E-state index is -0.0640. The molecule has 0 radical (unpaired) electrons. The smallest absolute Gasteiger partial charge is 0.274 e. The molecule has 0 bridgehead atoms. The molecule has 1 fully saturated rings. The lowest BCUT2D eigenvalue weighted by atomic mass is 10.2. The first-order chi connectivity index (χ1) is 14.2. The third-order valence-corrected chi connectivity index (χ3v) is 5.08. The van der Waals surface area contributed by atoms with Crippen LogP contribution in [0.4, 0.5) is 0 Å². The van der Waals surface area contributed by atoms with Crippen molar-refractivity contribution in [2.24, 2.45) is 0 Å². The number of benzene rings is 1. The number of imidazole rings is 1. The molecule has 0 spiro atoms. The first kappa shape index (κ1) is 19.0. The van der Waals surface area contributed by atoms with E-state index < -0.39 is 0 Å². The number of carbonyl (C=O) groups is 1. The van der Waals surface area contributed by atoms with Crippen LogP contribution in [-0.2, 0) is 0 Å². The molecule has 7 nitrogen and oxygen atoms in total. The van der Waals surface area contributed by atoms with E-state index in [1.165, 1.54) is 5.56 Å². The summed E-state index contributed by atoms with van der Waals surface area (Å²) in [6.45, 7) is 5.88. The highest BCUT2D eigenvalue weighted by Gasteiger charge is 2.22. The minimum absolute atomic E-state index is 0.0640. The molecule has 7 heteroatoms. The molecule has 2 aromatic heterocycles. The van der Waals surface area contributed by atoms with E-state index in [1.54, 1.807) is 18.3 Å². The van der Waals surface area contributed by atoms with Gasteiger partial charge in [-0.1, -0.05) is 42.5 Å². The number of nitrogens with zero attached hydrogens (tertiary/aromatic N) is 6. The lowest BCUT2D eigenvalue weighted by molar-refractivity contribution is 0.0643. The van der Waals surface area contributed by atoms with Gasteiger partial charge in [-0.05, 0) is 24.6 Å². The summed E-state index contributed by atoms with van der Waals surface area (Å²) in [5.41, 5.74) is 1.58. The number of amides is 1. The van der Waals surface area contributed by atoms with E-state index >= 15 is 0 Å². The lowest BCUT2D eigenvalue weighted by Crippen LogP contribution is -2.48. The Morgan fingerprint density at radius 3 is 2.48 bits per heavy atom. The van der Waals surface area contributed by atoms with E-state index in [0.29, 0.717) is 24.6 Å². The van der Waals surface area contributed by atoms with Crippen molar-refractivity contribution in [2.45, 2.75) is 6.92 Å². The Kier molecular flexibility index (Phi) is 5.76. The van der Waals surface area contributed by atoms with Crippen LogP contribution in [0.1, 0.15) is 21.9 Å². The monoisotopic (exact) mass is 388 g/mol. The third kappa shape index (κ3) is 4.57. The molecule has 1 amide bonds. The molecule has 0 unspecified atom stereocenters. The molecule has 0 saturated carbocycles. The van der Waals surface area contributed by atoms with Crippen molar-refractivity contribution in [2.75, 3.05) is 32.7 Å². The molecule has 4 rings (SSSR count). The summed E-state index contributed by atoms with van der Waals surface area (Å²) in [5, 5.41) is 8.33. The van der Waals surface area contributed by atoms with Gasteiger partial charge in [-0.3, -0.25) is 14.3 Å². The average Bonchev–Trinajstić information content (AvgIpc) is 3.20. The van der Waals surface area contributed by atoms with Crippen molar-refractivity contribution in [3.05, 3.63) is 78.0 Å². The summed E-state index contributed by atoms with van der Waals surface area (Å²) in [7, 11) is 0. The van der Waals surface area contributed by atoms with Crippen LogP contribution in [0.25, 0.3) is 11.9 Å². The SMILES string of the molecule is Cc1nccn1-c1ccc(C(=O)N2CCN(C/C=C/c3ccccc3)CC2)nn1. The molecule has 0 atom stereocenters. The number of hydrogen-bond acceptors (Lipinski definition) is 5. The van der Waals surface area contributed by atoms with Crippen LogP contribution in [0.3, 0.4) is 0 Å². The van der Waals surface area contributed by atoms with Crippen molar-refractivity contribution in [3.63, 3.8) is 0 Å². The third-order valence-electron chi connectivity index (χ3n) is 5.08. The zero-order chi connectivity index (χ0) is 20.1. The fourth-order valence-corrected chi connectivity index (χ4v) is 3.39. The fourth-order valence-electron chi connectivity index (χ4n) is 3.39. The maximum Gasteiger partial charge on any atom is 0.274 e. The second-order valence-corrected chi connectivity index (χ2v) is 7.03. The van der Waals surface area contributed by atoms with E-state index in [0.717, 1.165) is 25.5 Å². The lowest BCUT2D eigenvalue weighted by Gasteiger charge is -2.33. The number of carbonyl (C=O) groups excluding carboxylic acids is 1. The van der Waals surface area contributed by atoms with Gasteiger partial charge in [0.25, 0.3) is 5.91 Å². The molecular weight excluding hydrogens is 364 g/mol. The van der Waals surface area contributed by atoms with Gasteiger partial charge in [0.1, 0.15) is 5.82 Å². The van der Waals surface area contributed by atoms with Gasteiger partial charge in [0.2, 0.25) is 0 Å². The maximum atomic E-state index is 12.7. The summed E-state index contributed by atoms with van der Waals surface area (Å²) in [6.07, 6.45) is 7.85. The van der Waals surface area contributed by atoms with E-state index in [9.17, 15) is 4.79 Å². The highest BCUT2D eigenvalue weighted by atomic mass is 16.2. The number of aryl methyl sites for hydroxylation is 1. The normalized spacial score (nSPS) is 15.1. The highest BCUT2D eigenvalue weighted by molar-refractivity contribution is 5.92. The Morgan fingerprint density at radius 1 is 1.03 bits per heavy atom. The first-order valence-electron chi connectivity index (χ1n) is 9.78. The van der Waals surface area contributed by atoms with Crippen LogP contribution in [0.2, 0.25) is 0 Å². The molecule has 1 aliphatic heterocycles. The second kappa shape index (κ2) is 8.79. The van der Waals surface area contributed by atoms with Gasteiger partial charge in [0.15, 0.2) is 11.5 Å². The second-order valence-electron chi connectivity index (χ2n) is 7.03. The summed E-state index contributed by atoms with van der Waals surface area (Å²) in [4.78, 5) is 21.1. The Hall–Kier alpha value is -3.32. The number of rotatable bonds is 5. The van der Waals surface area contributed by atoms with Crippen LogP contribution < -0.4 is 0 Å². The maximum absolute atomic E-state index is 12.7. The van der Waals surface area contributed by atoms with Gasteiger partial charge in [-0.2, -0.15) is 0 Å². The molecule has 148 valence electrons. The average molecular weight is 388 g/mol. The quantitative estimate of drug-likeness (QED) is 0.672. The number of aromatic nitrogens is 4. The van der Waals surface area contributed by atoms with Gasteiger partial charge in [0.05, 0.1) is 0 Å². The number of hydrogen-bond donors (Lipinski definition) is 0. The number of piperazine rings is 1.